The molecule has 4 aromatic carbocycles. The van der Waals surface area contributed by atoms with E-state index in [0.29, 0.717) is 29.0 Å². The number of aromatic hydroxyl groups is 2. The van der Waals surface area contributed by atoms with Gasteiger partial charge in [-0.3, -0.25) is 4.98 Å². The molecule has 56 heavy (non-hydrogen) atoms. The number of aryl methyl sites for hydroxylation is 1. The van der Waals surface area contributed by atoms with Crippen LogP contribution in [-0.4, -0.2) is 48.3 Å². The maximum Gasteiger partial charge on any atom is 0.418 e. The predicted molar refractivity (Wildman–Crippen MR) is 207 cm³/mol. The Kier molecular flexibility index (Phi) is 12.1. The Balaban J connectivity index is 0.000000194. The van der Waals surface area contributed by atoms with Crippen LogP contribution in [0.5, 0.6) is 11.5 Å². The molecule has 0 saturated carbocycles. The second-order valence-electron chi connectivity index (χ2n) is 12.8. The molecule has 3 heterocycles. The Hall–Kier alpha value is -5.67. The molecule has 0 spiro atoms. The number of halogens is 7. The summed E-state index contributed by atoms with van der Waals surface area (Å²) in [5.41, 5.74) is 2.34. The van der Waals surface area contributed by atoms with Crippen molar-refractivity contribution in [3.8, 4) is 22.8 Å². The van der Waals surface area contributed by atoms with Crippen molar-refractivity contribution >= 4 is 51.3 Å². The molecule has 0 unspecified atom stereocenters. The van der Waals surface area contributed by atoms with E-state index < -0.39 is 23.5 Å². The van der Waals surface area contributed by atoms with Crippen LogP contribution in [0.2, 0.25) is 5.02 Å². The lowest BCUT2D eigenvalue weighted by molar-refractivity contribution is -0.138. The van der Waals surface area contributed by atoms with Crippen LogP contribution in [0.15, 0.2) is 104 Å². The van der Waals surface area contributed by atoms with Crippen molar-refractivity contribution in [1.29, 1.82) is 0 Å². The molecule has 1 aliphatic rings. The molecule has 0 radical (unpaired) electrons. The van der Waals surface area contributed by atoms with Gasteiger partial charge in [-0.25, -0.2) is 9.97 Å². The van der Waals surface area contributed by atoms with E-state index in [1.807, 2.05) is 24.3 Å². The molecule has 0 atom stereocenters. The predicted octanol–water partition coefficient (Wildman–Crippen LogP) is 10.1. The van der Waals surface area contributed by atoms with Crippen LogP contribution in [0.3, 0.4) is 0 Å². The fourth-order valence-electron chi connectivity index (χ4n) is 6.09. The number of nitrogens with one attached hydrogen (secondary N) is 2. The molecular weight excluding hydrogens is 778 g/mol. The highest BCUT2D eigenvalue weighted by molar-refractivity contribution is 7.80. The summed E-state index contributed by atoms with van der Waals surface area (Å²) in [5, 5.41) is 27.6. The molecule has 6 aromatic rings. The van der Waals surface area contributed by atoms with Crippen molar-refractivity contribution in [1.82, 2.24) is 25.2 Å². The van der Waals surface area contributed by atoms with E-state index in [2.05, 4.69) is 30.5 Å². The SMILES string of the molecule is FC(F)(F)c1ccc(Nc2ncnc3cc(-c4ncccc4C(F)(F)F)ccc23)cc1.Oc1cc2c(cc1O)CN(C(=S)NCCc1ccc(Cl)cc1)CCC2. The van der Waals surface area contributed by atoms with Gasteiger partial charge >= 0.3 is 12.4 Å². The van der Waals surface area contributed by atoms with E-state index in [0.717, 1.165) is 71.8 Å². The Bertz CT molecular complexity index is 2330. The van der Waals surface area contributed by atoms with Gasteiger partial charge in [0, 0.05) is 47.5 Å². The Morgan fingerprint density at radius 2 is 1.54 bits per heavy atom. The standard InChI is InChI=1S/C21H12F6N4.C19H21ClN2O2S/c22-20(23,24)13-4-6-14(7-5-13)31-19-15-8-3-12(10-17(15)29-11-30-19)18-16(21(25,26)27)2-1-9-28-18;20-16-5-3-13(4-6-16)7-8-21-19(25)22-9-1-2-14-10-17(23)18(24)11-15(14)12-22/h1-11H,(H,29,30,31);3-6,10-11,23-24H,1-2,7-9,12H2,(H,21,25). The third-order valence-electron chi connectivity index (χ3n) is 8.92. The zero-order valence-electron chi connectivity index (χ0n) is 29.3. The van der Waals surface area contributed by atoms with Crippen LogP contribution in [-0.2, 0) is 31.7 Å². The lowest BCUT2D eigenvalue weighted by Crippen LogP contribution is -2.40. The van der Waals surface area contributed by atoms with Gasteiger partial charge in [-0.15, -0.1) is 0 Å². The van der Waals surface area contributed by atoms with Gasteiger partial charge in [0.1, 0.15) is 12.1 Å². The minimum absolute atomic E-state index is 0.0594. The Morgan fingerprint density at radius 3 is 2.23 bits per heavy atom. The molecule has 1 aliphatic heterocycles. The molecule has 8 nitrogen and oxygen atoms in total. The number of phenolic OH excluding ortho intramolecular Hbond substituents is 2. The highest BCUT2D eigenvalue weighted by atomic mass is 35.5. The Morgan fingerprint density at radius 1 is 0.821 bits per heavy atom. The van der Waals surface area contributed by atoms with Gasteiger partial charge in [-0.1, -0.05) is 29.8 Å². The number of aromatic nitrogens is 3. The molecule has 0 aliphatic carbocycles. The number of benzene rings is 4. The van der Waals surface area contributed by atoms with Gasteiger partial charge in [0.15, 0.2) is 16.6 Å². The highest BCUT2D eigenvalue weighted by Gasteiger charge is 2.34. The second-order valence-corrected chi connectivity index (χ2v) is 13.6. The third kappa shape index (κ3) is 9.95. The number of nitrogens with zero attached hydrogens (tertiary/aromatic N) is 4. The summed E-state index contributed by atoms with van der Waals surface area (Å²) in [6.45, 7) is 2.24. The summed E-state index contributed by atoms with van der Waals surface area (Å²) in [4.78, 5) is 14.2. The molecule has 0 amide bonds. The number of alkyl halides is 6. The second kappa shape index (κ2) is 17.0. The van der Waals surface area contributed by atoms with Crippen molar-refractivity contribution in [3.05, 3.63) is 136 Å². The summed E-state index contributed by atoms with van der Waals surface area (Å²) >= 11 is 11.4. The van der Waals surface area contributed by atoms with Crippen LogP contribution in [0.4, 0.5) is 37.8 Å². The van der Waals surface area contributed by atoms with Gasteiger partial charge in [-0.2, -0.15) is 26.3 Å². The van der Waals surface area contributed by atoms with E-state index in [-0.39, 0.29) is 22.8 Å². The molecular formula is C40H33ClF6N6O2S. The molecule has 7 rings (SSSR count). The number of thiocarbonyl (C=S) groups is 1. The molecule has 0 saturated heterocycles. The van der Waals surface area contributed by atoms with E-state index in [1.165, 1.54) is 54.5 Å². The number of hydrogen-bond donors (Lipinski definition) is 4. The first-order valence-electron chi connectivity index (χ1n) is 17.2. The molecule has 0 bridgehead atoms. The van der Waals surface area contributed by atoms with Crippen molar-refractivity contribution in [2.45, 2.75) is 38.2 Å². The smallest absolute Gasteiger partial charge is 0.418 e. The molecule has 2 aromatic heterocycles. The van der Waals surface area contributed by atoms with Crippen LogP contribution in [0.25, 0.3) is 22.2 Å². The fraction of sp³-hybridized carbons (Fsp3) is 0.200. The van der Waals surface area contributed by atoms with E-state index in [4.69, 9.17) is 23.8 Å². The maximum absolute atomic E-state index is 13.3. The zero-order chi connectivity index (χ0) is 40.0. The van der Waals surface area contributed by atoms with E-state index in [9.17, 15) is 36.6 Å². The van der Waals surface area contributed by atoms with Gasteiger partial charge in [0.05, 0.1) is 22.3 Å². The first kappa shape index (κ1) is 40.0. The van der Waals surface area contributed by atoms with E-state index >= 15 is 0 Å². The summed E-state index contributed by atoms with van der Waals surface area (Å²) in [6.07, 6.45) is -3.84. The lowest BCUT2D eigenvalue weighted by Gasteiger charge is -2.24. The largest absolute Gasteiger partial charge is 0.504 e. The average molecular weight is 811 g/mol. The summed E-state index contributed by atoms with van der Waals surface area (Å²) in [5.74, 6) is 0.159. The average Bonchev–Trinajstić information content (AvgIpc) is 3.37. The summed E-state index contributed by atoms with van der Waals surface area (Å²) in [7, 11) is 0. The number of hydrogen-bond acceptors (Lipinski definition) is 7. The van der Waals surface area contributed by atoms with Gasteiger partial charge in [0.25, 0.3) is 0 Å². The van der Waals surface area contributed by atoms with E-state index in [1.54, 1.807) is 12.1 Å². The molecule has 290 valence electrons. The fourth-order valence-corrected chi connectivity index (χ4v) is 6.47. The van der Waals surface area contributed by atoms with Crippen molar-refractivity contribution < 1.29 is 36.6 Å². The number of fused-ring (bicyclic) bond motifs is 2. The summed E-state index contributed by atoms with van der Waals surface area (Å²) in [6, 6.07) is 22.1. The lowest BCUT2D eigenvalue weighted by atomic mass is 10.0. The quantitative estimate of drug-likeness (QED) is 0.0743. The summed E-state index contributed by atoms with van der Waals surface area (Å²) < 4.78 is 78.1. The minimum atomic E-state index is -4.57. The van der Waals surface area contributed by atoms with Crippen LogP contribution >= 0.6 is 23.8 Å². The maximum atomic E-state index is 13.3. The van der Waals surface area contributed by atoms with Crippen LogP contribution in [0.1, 0.15) is 34.2 Å². The third-order valence-corrected chi connectivity index (χ3v) is 9.58. The topological polar surface area (TPSA) is 106 Å². The normalized spacial score (nSPS) is 12.9. The number of pyridine rings is 1. The number of phenols is 2. The van der Waals surface area contributed by atoms with Crippen molar-refractivity contribution in [2.75, 3.05) is 18.4 Å². The van der Waals surface area contributed by atoms with Gasteiger partial charge in [-0.05, 0) is 121 Å². The first-order chi connectivity index (χ1) is 26.7. The molecule has 0 fully saturated rings. The van der Waals surface area contributed by atoms with Crippen LogP contribution < -0.4 is 10.6 Å². The van der Waals surface area contributed by atoms with Crippen molar-refractivity contribution in [3.63, 3.8) is 0 Å². The minimum Gasteiger partial charge on any atom is -0.504 e. The monoisotopic (exact) mass is 810 g/mol. The van der Waals surface area contributed by atoms with Gasteiger partial charge < -0.3 is 25.7 Å². The number of anilines is 2. The highest BCUT2D eigenvalue weighted by Crippen LogP contribution is 2.37. The first-order valence-corrected chi connectivity index (χ1v) is 18.0. The van der Waals surface area contributed by atoms with Crippen molar-refractivity contribution in [2.24, 2.45) is 0 Å². The zero-order valence-corrected chi connectivity index (χ0v) is 30.9. The molecule has 16 heteroatoms. The molecule has 4 N–H and O–H groups in total. The Labute approximate surface area is 327 Å². The number of rotatable bonds is 6. The van der Waals surface area contributed by atoms with Gasteiger partial charge in [0.2, 0.25) is 0 Å². The van der Waals surface area contributed by atoms with Crippen LogP contribution in [0, 0.1) is 0 Å².